The van der Waals surface area contributed by atoms with Gasteiger partial charge in [0.2, 0.25) is 5.82 Å². The van der Waals surface area contributed by atoms with Crippen LogP contribution >= 0.6 is 11.6 Å². The van der Waals surface area contributed by atoms with Gasteiger partial charge < -0.3 is 4.98 Å². The molecular weight excluding hydrogens is 217 g/mol. The predicted molar refractivity (Wildman–Crippen MR) is 46.1 cm³/mol. The van der Waals surface area contributed by atoms with Crippen LogP contribution in [-0.4, -0.2) is 9.97 Å². The highest BCUT2D eigenvalue weighted by atomic mass is 35.5. The van der Waals surface area contributed by atoms with Gasteiger partial charge in [-0.25, -0.2) is 4.98 Å². The van der Waals surface area contributed by atoms with Crippen LogP contribution in [0, 0.1) is 0 Å². The quantitative estimate of drug-likeness (QED) is 0.726. The molecule has 2 aromatic rings. The Balaban J connectivity index is 2.69. The van der Waals surface area contributed by atoms with Crippen molar-refractivity contribution in [2.75, 3.05) is 0 Å². The van der Waals surface area contributed by atoms with E-state index >= 15 is 0 Å². The van der Waals surface area contributed by atoms with Gasteiger partial charge in [0, 0.05) is 0 Å². The number of para-hydroxylation sites is 1. The van der Waals surface area contributed by atoms with Gasteiger partial charge in [-0.15, -0.1) is 0 Å². The zero-order chi connectivity index (χ0) is 10.3. The molecule has 0 amide bonds. The Morgan fingerprint density at radius 1 is 1.29 bits per heavy atom. The van der Waals surface area contributed by atoms with E-state index in [1.807, 2.05) is 0 Å². The Labute approximate surface area is 81.7 Å². The Hall–Kier alpha value is -1.23. The van der Waals surface area contributed by atoms with Crippen LogP contribution in [0.1, 0.15) is 5.82 Å². The standard InChI is InChI=1S/C8H4ClF3N2/c9-4-2-1-3-5-6(4)14-7(13-5)8(10,11)12/h1-3H,(H,13,14). The fraction of sp³-hybridized carbons (Fsp3) is 0.125. The third-order valence-electron chi connectivity index (χ3n) is 1.73. The number of rotatable bonds is 0. The van der Waals surface area contributed by atoms with Crippen molar-refractivity contribution in [1.82, 2.24) is 9.97 Å². The van der Waals surface area contributed by atoms with Crippen LogP contribution in [0.5, 0.6) is 0 Å². The maximum Gasteiger partial charge on any atom is 0.449 e. The number of halogens is 4. The number of nitrogens with zero attached hydrogens (tertiary/aromatic N) is 1. The molecule has 0 unspecified atom stereocenters. The van der Waals surface area contributed by atoms with Gasteiger partial charge in [0.25, 0.3) is 0 Å². The number of hydrogen-bond donors (Lipinski definition) is 1. The maximum atomic E-state index is 12.2. The molecule has 0 fully saturated rings. The van der Waals surface area contributed by atoms with E-state index in [1.165, 1.54) is 12.1 Å². The van der Waals surface area contributed by atoms with Gasteiger partial charge in [0.05, 0.1) is 10.5 Å². The van der Waals surface area contributed by atoms with Gasteiger partial charge in [0.1, 0.15) is 5.52 Å². The Kier molecular flexibility index (Phi) is 1.92. The summed E-state index contributed by atoms with van der Waals surface area (Å²) >= 11 is 5.67. The molecule has 0 bridgehead atoms. The molecular formula is C8H4ClF3N2. The number of H-pyrrole nitrogens is 1. The van der Waals surface area contributed by atoms with Gasteiger partial charge in [0.15, 0.2) is 0 Å². The number of fused-ring (bicyclic) bond motifs is 1. The lowest BCUT2D eigenvalue weighted by atomic mass is 10.3. The molecule has 0 aliphatic rings. The summed E-state index contributed by atoms with van der Waals surface area (Å²) in [5.74, 6) is -1.03. The minimum Gasteiger partial charge on any atom is -0.334 e. The summed E-state index contributed by atoms with van der Waals surface area (Å²) in [6.07, 6.45) is -4.47. The van der Waals surface area contributed by atoms with E-state index in [9.17, 15) is 13.2 Å². The van der Waals surface area contributed by atoms with E-state index in [4.69, 9.17) is 11.6 Å². The average Bonchev–Trinajstić information content (AvgIpc) is 2.48. The second-order valence-corrected chi connectivity index (χ2v) is 3.13. The zero-order valence-electron chi connectivity index (χ0n) is 6.69. The van der Waals surface area contributed by atoms with Crippen LogP contribution < -0.4 is 0 Å². The first-order valence-electron chi connectivity index (χ1n) is 3.70. The SMILES string of the molecule is FC(F)(F)c1nc2c(Cl)cccc2[nH]1. The fourth-order valence-corrected chi connectivity index (χ4v) is 1.35. The summed E-state index contributed by atoms with van der Waals surface area (Å²) in [6, 6.07) is 4.54. The van der Waals surface area contributed by atoms with Crippen LogP contribution in [0.15, 0.2) is 18.2 Å². The van der Waals surface area contributed by atoms with Crippen LogP contribution in [0.3, 0.4) is 0 Å². The first kappa shape index (κ1) is 9.33. The number of imidazole rings is 1. The molecule has 1 aromatic heterocycles. The number of hydrogen-bond acceptors (Lipinski definition) is 1. The molecule has 1 N–H and O–H groups in total. The smallest absolute Gasteiger partial charge is 0.334 e. The summed E-state index contributed by atoms with van der Waals surface area (Å²) in [7, 11) is 0. The first-order chi connectivity index (χ1) is 6.48. The molecule has 2 rings (SSSR count). The number of benzene rings is 1. The van der Waals surface area contributed by atoms with Gasteiger partial charge in [-0.1, -0.05) is 17.7 Å². The highest BCUT2D eigenvalue weighted by Gasteiger charge is 2.34. The van der Waals surface area contributed by atoms with E-state index in [1.54, 1.807) is 6.07 Å². The van der Waals surface area contributed by atoms with Crippen molar-refractivity contribution < 1.29 is 13.2 Å². The molecule has 0 spiro atoms. The average molecular weight is 221 g/mol. The van der Waals surface area contributed by atoms with E-state index in [2.05, 4.69) is 9.97 Å². The van der Waals surface area contributed by atoms with E-state index in [0.717, 1.165) is 0 Å². The van der Waals surface area contributed by atoms with Gasteiger partial charge in [-0.2, -0.15) is 13.2 Å². The minimum atomic E-state index is -4.47. The Morgan fingerprint density at radius 3 is 2.57 bits per heavy atom. The lowest BCUT2D eigenvalue weighted by Crippen LogP contribution is -2.06. The monoisotopic (exact) mass is 220 g/mol. The highest BCUT2D eigenvalue weighted by molar-refractivity contribution is 6.34. The van der Waals surface area contributed by atoms with Gasteiger partial charge in [-0.05, 0) is 12.1 Å². The van der Waals surface area contributed by atoms with E-state index < -0.39 is 12.0 Å². The lowest BCUT2D eigenvalue weighted by Gasteiger charge is -1.98. The number of alkyl halides is 3. The molecule has 74 valence electrons. The molecule has 14 heavy (non-hydrogen) atoms. The van der Waals surface area contributed by atoms with E-state index in [0.29, 0.717) is 0 Å². The van der Waals surface area contributed by atoms with Crippen molar-refractivity contribution in [2.24, 2.45) is 0 Å². The number of aromatic nitrogens is 2. The summed E-state index contributed by atoms with van der Waals surface area (Å²) in [4.78, 5) is 5.53. The van der Waals surface area contributed by atoms with Crippen LogP contribution in [-0.2, 0) is 6.18 Å². The van der Waals surface area contributed by atoms with Crippen molar-refractivity contribution in [2.45, 2.75) is 6.18 Å². The molecule has 0 radical (unpaired) electrons. The molecule has 0 saturated carbocycles. The second kappa shape index (κ2) is 2.88. The molecule has 1 heterocycles. The van der Waals surface area contributed by atoms with Crippen molar-refractivity contribution in [3.63, 3.8) is 0 Å². The fourth-order valence-electron chi connectivity index (χ4n) is 1.13. The summed E-state index contributed by atoms with van der Waals surface area (Å²) < 4.78 is 36.7. The zero-order valence-corrected chi connectivity index (χ0v) is 7.45. The predicted octanol–water partition coefficient (Wildman–Crippen LogP) is 3.24. The van der Waals surface area contributed by atoms with Crippen molar-refractivity contribution >= 4 is 22.6 Å². The summed E-state index contributed by atoms with van der Waals surface area (Å²) in [5.41, 5.74) is 0.423. The van der Waals surface area contributed by atoms with Crippen LogP contribution in [0.2, 0.25) is 5.02 Å². The minimum absolute atomic E-state index is 0.140. The molecule has 0 saturated heterocycles. The van der Waals surface area contributed by atoms with E-state index in [-0.39, 0.29) is 16.1 Å². The van der Waals surface area contributed by atoms with Gasteiger partial charge in [-0.3, -0.25) is 0 Å². The third-order valence-corrected chi connectivity index (χ3v) is 2.04. The number of nitrogens with one attached hydrogen (secondary N) is 1. The van der Waals surface area contributed by atoms with Crippen LogP contribution in [0.25, 0.3) is 11.0 Å². The third kappa shape index (κ3) is 1.43. The summed E-state index contributed by atoms with van der Waals surface area (Å²) in [6.45, 7) is 0. The van der Waals surface area contributed by atoms with Gasteiger partial charge >= 0.3 is 6.18 Å². The largest absolute Gasteiger partial charge is 0.449 e. The molecule has 0 atom stereocenters. The highest BCUT2D eigenvalue weighted by Crippen LogP contribution is 2.30. The molecule has 0 aliphatic heterocycles. The molecule has 1 aromatic carbocycles. The van der Waals surface area contributed by atoms with Crippen molar-refractivity contribution in [1.29, 1.82) is 0 Å². The first-order valence-corrected chi connectivity index (χ1v) is 4.08. The maximum absolute atomic E-state index is 12.2. The second-order valence-electron chi connectivity index (χ2n) is 2.72. The van der Waals surface area contributed by atoms with Crippen molar-refractivity contribution in [3.05, 3.63) is 29.0 Å². The molecule has 0 aliphatic carbocycles. The normalized spacial score (nSPS) is 12.3. The molecule has 2 nitrogen and oxygen atoms in total. The lowest BCUT2D eigenvalue weighted by molar-refractivity contribution is -0.144. The Morgan fingerprint density at radius 2 is 2.00 bits per heavy atom. The van der Waals surface area contributed by atoms with Crippen molar-refractivity contribution in [3.8, 4) is 0 Å². The topological polar surface area (TPSA) is 28.7 Å². The summed E-state index contributed by atoms with van der Waals surface area (Å²) in [5, 5.41) is 0.203. The number of aromatic amines is 1. The Bertz CT molecular complexity index is 475. The molecule has 6 heteroatoms. The van der Waals surface area contributed by atoms with Crippen LogP contribution in [0.4, 0.5) is 13.2 Å².